The molecule has 0 radical (unpaired) electrons. The van der Waals surface area contributed by atoms with Gasteiger partial charge in [-0.05, 0) is 29.7 Å². The first-order valence-corrected chi connectivity index (χ1v) is 7.97. The maximum Gasteiger partial charge on any atom is 0.252 e. The molecule has 20 heavy (non-hydrogen) atoms. The number of H-pyrrole nitrogens is 1. The average molecular weight is 292 g/mol. The molecule has 1 aromatic carbocycles. The van der Waals surface area contributed by atoms with E-state index in [9.17, 15) is 4.79 Å². The first-order chi connectivity index (χ1) is 9.81. The van der Waals surface area contributed by atoms with Crippen LogP contribution in [0.4, 0.5) is 0 Å². The molecule has 0 saturated carbocycles. The molecule has 0 amide bonds. The molecule has 0 unspecified atom stereocenters. The molecule has 3 N–H and O–H groups in total. The van der Waals surface area contributed by atoms with Crippen LogP contribution in [-0.4, -0.2) is 34.7 Å². The van der Waals surface area contributed by atoms with E-state index >= 15 is 0 Å². The number of rotatable bonds is 8. The fraction of sp³-hybridized carbons (Fsp3) is 0.400. The molecule has 4 nitrogen and oxygen atoms in total. The fourth-order valence-corrected chi connectivity index (χ4v) is 2.79. The van der Waals surface area contributed by atoms with Crippen LogP contribution in [0.1, 0.15) is 12.0 Å². The van der Waals surface area contributed by atoms with Crippen LogP contribution in [0, 0.1) is 0 Å². The smallest absolute Gasteiger partial charge is 0.252 e. The Morgan fingerprint density at radius 2 is 2.10 bits per heavy atom. The number of benzene rings is 1. The number of thioether (sulfide) groups is 1. The molecule has 2 rings (SSSR count). The average Bonchev–Trinajstić information content (AvgIpc) is 2.46. The predicted octanol–water partition coefficient (Wildman–Crippen LogP) is 1.73. The molecular formula is C15H20N2O2S. The first kappa shape index (κ1) is 15.1. The largest absolute Gasteiger partial charge is 0.396 e. The maximum atomic E-state index is 11.9. The lowest BCUT2D eigenvalue weighted by atomic mass is 10.1. The Labute approximate surface area is 122 Å². The second-order valence-electron chi connectivity index (χ2n) is 4.58. The van der Waals surface area contributed by atoms with Crippen molar-refractivity contribution in [1.29, 1.82) is 0 Å². The van der Waals surface area contributed by atoms with Gasteiger partial charge in [-0.3, -0.25) is 4.79 Å². The van der Waals surface area contributed by atoms with Crippen molar-refractivity contribution in [2.75, 3.05) is 24.7 Å². The number of hydrogen-bond donors (Lipinski definition) is 3. The highest BCUT2D eigenvalue weighted by Crippen LogP contribution is 2.09. The third kappa shape index (κ3) is 4.37. The van der Waals surface area contributed by atoms with E-state index in [1.807, 2.05) is 42.1 Å². The number of pyridine rings is 1. The van der Waals surface area contributed by atoms with Crippen molar-refractivity contribution in [3.05, 3.63) is 46.2 Å². The minimum absolute atomic E-state index is 0.0240. The zero-order valence-corrected chi connectivity index (χ0v) is 12.2. The number of aliphatic hydroxyl groups excluding tert-OH is 1. The molecule has 0 aliphatic heterocycles. The van der Waals surface area contributed by atoms with Crippen LogP contribution < -0.4 is 10.9 Å². The molecule has 0 spiro atoms. The molecule has 0 saturated heterocycles. The molecule has 1 aromatic heterocycles. The van der Waals surface area contributed by atoms with Crippen molar-refractivity contribution < 1.29 is 5.11 Å². The van der Waals surface area contributed by atoms with Crippen molar-refractivity contribution in [1.82, 2.24) is 10.3 Å². The van der Waals surface area contributed by atoms with E-state index in [4.69, 9.17) is 5.11 Å². The van der Waals surface area contributed by atoms with E-state index in [0.717, 1.165) is 40.9 Å². The quantitative estimate of drug-likeness (QED) is 0.648. The number of nitrogens with one attached hydrogen (secondary N) is 2. The Morgan fingerprint density at radius 3 is 2.95 bits per heavy atom. The van der Waals surface area contributed by atoms with Crippen molar-refractivity contribution >= 4 is 22.7 Å². The number of para-hydroxylation sites is 1. The summed E-state index contributed by atoms with van der Waals surface area (Å²) in [5.41, 5.74) is 1.62. The van der Waals surface area contributed by atoms with Crippen LogP contribution in [-0.2, 0) is 6.54 Å². The van der Waals surface area contributed by atoms with Crippen LogP contribution in [0.5, 0.6) is 0 Å². The third-order valence-electron chi connectivity index (χ3n) is 3.02. The highest BCUT2D eigenvalue weighted by Gasteiger charge is 2.02. The molecule has 1 heterocycles. The van der Waals surface area contributed by atoms with Gasteiger partial charge in [0, 0.05) is 36.5 Å². The summed E-state index contributed by atoms with van der Waals surface area (Å²) in [4.78, 5) is 14.8. The standard InChI is InChI=1S/C15H20N2O2S/c18-7-3-8-20-9-6-16-11-13-10-12-4-1-2-5-14(12)17-15(13)19/h1-2,4-5,10,16,18H,3,6-9,11H2,(H,17,19). The Bertz CT molecular complexity index is 598. The maximum absolute atomic E-state index is 11.9. The van der Waals surface area contributed by atoms with Crippen molar-refractivity contribution in [2.45, 2.75) is 13.0 Å². The topological polar surface area (TPSA) is 65.1 Å². The summed E-state index contributed by atoms with van der Waals surface area (Å²) < 4.78 is 0. The summed E-state index contributed by atoms with van der Waals surface area (Å²) in [6.45, 7) is 1.70. The van der Waals surface area contributed by atoms with Gasteiger partial charge in [-0.15, -0.1) is 0 Å². The first-order valence-electron chi connectivity index (χ1n) is 6.81. The Morgan fingerprint density at radius 1 is 1.25 bits per heavy atom. The number of hydrogen-bond acceptors (Lipinski definition) is 4. The van der Waals surface area contributed by atoms with E-state index in [0.29, 0.717) is 6.54 Å². The molecular weight excluding hydrogens is 272 g/mol. The summed E-state index contributed by atoms with van der Waals surface area (Å²) in [7, 11) is 0. The number of aromatic amines is 1. The molecule has 108 valence electrons. The van der Waals surface area contributed by atoms with E-state index in [1.54, 1.807) is 0 Å². The number of aliphatic hydroxyl groups is 1. The molecule has 0 aliphatic rings. The third-order valence-corrected chi connectivity index (χ3v) is 4.09. The second kappa shape index (κ2) is 8.09. The van der Waals surface area contributed by atoms with E-state index in [2.05, 4.69) is 10.3 Å². The monoisotopic (exact) mass is 292 g/mol. The highest BCUT2D eigenvalue weighted by molar-refractivity contribution is 7.99. The minimum Gasteiger partial charge on any atom is -0.396 e. The molecule has 0 fully saturated rings. The molecule has 0 atom stereocenters. The molecule has 2 aromatic rings. The Hall–Kier alpha value is -1.30. The van der Waals surface area contributed by atoms with Gasteiger partial charge in [0.1, 0.15) is 0 Å². The van der Waals surface area contributed by atoms with Gasteiger partial charge in [0.05, 0.1) is 0 Å². The van der Waals surface area contributed by atoms with Gasteiger partial charge in [-0.1, -0.05) is 18.2 Å². The summed E-state index contributed by atoms with van der Waals surface area (Å²) >= 11 is 1.81. The summed E-state index contributed by atoms with van der Waals surface area (Å²) in [5.74, 6) is 1.97. The lowest BCUT2D eigenvalue weighted by molar-refractivity contribution is 0.296. The van der Waals surface area contributed by atoms with Gasteiger partial charge in [-0.25, -0.2) is 0 Å². The summed E-state index contributed by atoms with van der Waals surface area (Å²) in [5, 5.41) is 13.0. The zero-order valence-electron chi connectivity index (χ0n) is 11.4. The van der Waals surface area contributed by atoms with Crippen LogP contribution in [0.3, 0.4) is 0 Å². The SMILES string of the molecule is O=c1[nH]c2ccccc2cc1CNCCSCCCO. The van der Waals surface area contributed by atoms with Gasteiger partial charge in [0.15, 0.2) is 0 Å². The van der Waals surface area contributed by atoms with Crippen LogP contribution in [0.15, 0.2) is 35.1 Å². The normalized spacial score (nSPS) is 11.1. The Kier molecular flexibility index (Phi) is 6.11. The van der Waals surface area contributed by atoms with E-state index in [1.165, 1.54) is 0 Å². The fourth-order valence-electron chi connectivity index (χ4n) is 1.96. The van der Waals surface area contributed by atoms with Crippen LogP contribution in [0.25, 0.3) is 10.9 Å². The van der Waals surface area contributed by atoms with Crippen LogP contribution >= 0.6 is 11.8 Å². The summed E-state index contributed by atoms with van der Waals surface area (Å²) in [6.07, 6.45) is 0.842. The van der Waals surface area contributed by atoms with E-state index < -0.39 is 0 Å². The zero-order chi connectivity index (χ0) is 14.2. The number of fused-ring (bicyclic) bond motifs is 1. The van der Waals surface area contributed by atoms with Gasteiger partial charge in [-0.2, -0.15) is 11.8 Å². The van der Waals surface area contributed by atoms with Crippen molar-refractivity contribution in [3.63, 3.8) is 0 Å². The molecule has 5 heteroatoms. The second-order valence-corrected chi connectivity index (χ2v) is 5.80. The lowest BCUT2D eigenvalue weighted by Crippen LogP contribution is -2.22. The van der Waals surface area contributed by atoms with E-state index in [-0.39, 0.29) is 12.2 Å². The Balaban J connectivity index is 1.84. The lowest BCUT2D eigenvalue weighted by Gasteiger charge is -2.05. The van der Waals surface area contributed by atoms with Crippen molar-refractivity contribution in [3.8, 4) is 0 Å². The van der Waals surface area contributed by atoms with Gasteiger partial charge in [0.2, 0.25) is 0 Å². The summed E-state index contributed by atoms with van der Waals surface area (Å²) in [6, 6.07) is 9.74. The van der Waals surface area contributed by atoms with Crippen LogP contribution in [0.2, 0.25) is 0 Å². The highest BCUT2D eigenvalue weighted by atomic mass is 32.2. The van der Waals surface area contributed by atoms with Crippen molar-refractivity contribution in [2.24, 2.45) is 0 Å². The predicted molar refractivity (Wildman–Crippen MR) is 85.3 cm³/mol. The minimum atomic E-state index is -0.0240. The van der Waals surface area contributed by atoms with Gasteiger partial charge >= 0.3 is 0 Å². The van der Waals surface area contributed by atoms with Gasteiger partial charge in [0.25, 0.3) is 5.56 Å². The van der Waals surface area contributed by atoms with Gasteiger partial charge < -0.3 is 15.4 Å². The number of aromatic nitrogens is 1. The molecule has 0 bridgehead atoms. The molecule has 0 aliphatic carbocycles.